The summed E-state index contributed by atoms with van der Waals surface area (Å²) in [7, 11) is 0. The van der Waals surface area contributed by atoms with E-state index in [4.69, 9.17) is 0 Å². The van der Waals surface area contributed by atoms with Gasteiger partial charge < -0.3 is 0 Å². The zero-order valence-corrected chi connectivity index (χ0v) is 14.1. The highest BCUT2D eigenvalue weighted by molar-refractivity contribution is 5.91. The molecule has 3 fully saturated rings. The van der Waals surface area contributed by atoms with Gasteiger partial charge in [0.05, 0.1) is 11.5 Å². The molecule has 2 nitrogen and oxygen atoms in total. The average molecular weight is 307 g/mol. The van der Waals surface area contributed by atoms with Crippen LogP contribution in [0.1, 0.15) is 46.0 Å². The molecule has 0 N–H and O–H groups in total. The second kappa shape index (κ2) is 4.18. The third kappa shape index (κ3) is 1.52. The maximum Gasteiger partial charge on any atom is 0.155 e. The Balaban J connectivity index is 1.57. The number of carbonyl (C=O) groups is 1. The van der Waals surface area contributed by atoms with Crippen molar-refractivity contribution in [2.45, 2.75) is 46.0 Å². The molecule has 2 heteroatoms. The summed E-state index contributed by atoms with van der Waals surface area (Å²) in [6, 6.07) is 2.75. The van der Waals surface area contributed by atoms with Crippen molar-refractivity contribution in [1.82, 2.24) is 0 Å². The highest BCUT2D eigenvalue weighted by atomic mass is 16.1. The maximum atomic E-state index is 11.7. The molecule has 0 aliphatic heterocycles. The molecule has 5 aliphatic carbocycles. The van der Waals surface area contributed by atoms with E-state index in [1.165, 1.54) is 24.8 Å². The van der Waals surface area contributed by atoms with Crippen molar-refractivity contribution in [2.24, 2.45) is 46.3 Å². The Hall–Kier alpha value is -1.36. The molecule has 8 atom stereocenters. The molecule has 0 amide bonds. The van der Waals surface area contributed by atoms with E-state index in [2.05, 4.69) is 32.1 Å². The van der Waals surface area contributed by atoms with E-state index in [0.717, 1.165) is 18.8 Å². The predicted octanol–water partition coefficient (Wildman–Crippen LogP) is 4.29. The van der Waals surface area contributed by atoms with Gasteiger partial charge in [-0.05, 0) is 85.2 Å². The van der Waals surface area contributed by atoms with Crippen molar-refractivity contribution in [1.29, 1.82) is 5.26 Å². The lowest BCUT2D eigenvalue weighted by Crippen LogP contribution is -2.49. The topological polar surface area (TPSA) is 40.9 Å². The summed E-state index contributed by atoms with van der Waals surface area (Å²) in [4.78, 5) is 11.7. The second-order valence-electron chi connectivity index (χ2n) is 9.16. The van der Waals surface area contributed by atoms with E-state index in [1.807, 2.05) is 6.08 Å². The monoisotopic (exact) mass is 307 g/mol. The Morgan fingerprint density at radius 2 is 2.09 bits per heavy atom. The Morgan fingerprint density at radius 1 is 1.26 bits per heavy atom. The molecular formula is C21H25NO. The van der Waals surface area contributed by atoms with Crippen LogP contribution in [0.4, 0.5) is 0 Å². The molecular weight excluding hydrogens is 282 g/mol. The van der Waals surface area contributed by atoms with Crippen molar-refractivity contribution in [2.75, 3.05) is 0 Å². The largest absolute Gasteiger partial charge is 0.295 e. The van der Waals surface area contributed by atoms with Crippen LogP contribution in [0.2, 0.25) is 0 Å². The van der Waals surface area contributed by atoms with Crippen LogP contribution in [-0.4, -0.2) is 5.78 Å². The first-order chi connectivity index (χ1) is 11.0. The van der Waals surface area contributed by atoms with Gasteiger partial charge in [-0.3, -0.25) is 4.79 Å². The van der Waals surface area contributed by atoms with Crippen LogP contribution in [-0.2, 0) is 4.79 Å². The summed E-state index contributed by atoms with van der Waals surface area (Å²) in [5, 5.41) is 9.92. The molecule has 0 aromatic rings. The number of carbonyl (C=O) groups excluding carboxylic acids is 1. The summed E-state index contributed by atoms with van der Waals surface area (Å²) in [5.74, 6) is 4.34. The molecule has 0 saturated heterocycles. The van der Waals surface area contributed by atoms with Crippen molar-refractivity contribution < 1.29 is 4.79 Å². The van der Waals surface area contributed by atoms with Crippen LogP contribution in [0, 0.1) is 57.7 Å². The van der Waals surface area contributed by atoms with Gasteiger partial charge in [0, 0.05) is 6.42 Å². The van der Waals surface area contributed by atoms with Gasteiger partial charge in [-0.2, -0.15) is 5.26 Å². The standard InChI is InChI=1S/C21H25NO/c1-20-8-7-15-14-6-4-13(23)9-12(14)3-5-16(15)19(20)17-10-18(17)21(20,2)11-22/h3,5,9,14-19H,4,6-8,10H2,1-2H3/t14-,15+,16+,17+,18-,19+,20-,21-/m0/s1. The van der Waals surface area contributed by atoms with Crippen LogP contribution in [0.15, 0.2) is 23.8 Å². The van der Waals surface area contributed by atoms with E-state index in [1.54, 1.807) is 0 Å². The highest BCUT2D eigenvalue weighted by Gasteiger charge is 2.74. The zero-order valence-electron chi connectivity index (χ0n) is 14.1. The van der Waals surface area contributed by atoms with Crippen molar-refractivity contribution in [3.05, 3.63) is 23.8 Å². The first-order valence-electron chi connectivity index (χ1n) is 9.33. The fourth-order valence-electron chi connectivity index (χ4n) is 7.21. The maximum absolute atomic E-state index is 11.7. The molecule has 23 heavy (non-hydrogen) atoms. The number of hydrogen-bond donors (Lipinski definition) is 0. The van der Waals surface area contributed by atoms with Crippen LogP contribution in [0.5, 0.6) is 0 Å². The van der Waals surface area contributed by atoms with E-state index in [-0.39, 0.29) is 10.8 Å². The van der Waals surface area contributed by atoms with Gasteiger partial charge in [-0.25, -0.2) is 0 Å². The molecule has 0 aromatic heterocycles. The SMILES string of the molecule is C[C@]1(C#N)[C@H]2C[C@H]2[C@H]2[C@@H]3C=CC4=CC(=O)CC[C@@H]4[C@H]3CC[C@@]21C. The summed E-state index contributed by atoms with van der Waals surface area (Å²) in [6.45, 7) is 4.65. The van der Waals surface area contributed by atoms with Crippen LogP contribution in [0.3, 0.4) is 0 Å². The first kappa shape index (κ1) is 14.0. The molecule has 0 bridgehead atoms. The Bertz CT molecular complexity index is 697. The summed E-state index contributed by atoms with van der Waals surface area (Å²) in [6.07, 6.45) is 12.1. The van der Waals surface area contributed by atoms with Crippen LogP contribution >= 0.6 is 0 Å². The summed E-state index contributed by atoms with van der Waals surface area (Å²) < 4.78 is 0. The zero-order chi connectivity index (χ0) is 16.0. The average Bonchev–Trinajstić information content (AvgIpc) is 3.30. The number of nitriles is 1. The normalized spacial score (nSPS) is 55.9. The lowest BCUT2D eigenvalue weighted by Gasteiger charge is -2.54. The van der Waals surface area contributed by atoms with Crippen LogP contribution < -0.4 is 0 Å². The molecule has 0 spiro atoms. The van der Waals surface area contributed by atoms with Gasteiger partial charge in [0.15, 0.2) is 5.78 Å². The van der Waals surface area contributed by atoms with Crippen LogP contribution in [0.25, 0.3) is 0 Å². The van der Waals surface area contributed by atoms with Crippen molar-refractivity contribution in [3.8, 4) is 6.07 Å². The Morgan fingerprint density at radius 3 is 2.87 bits per heavy atom. The minimum absolute atomic E-state index is 0.125. The molecule has 0 unspecified atom stereocenters. The summed E-state index contributed by atoms with van der Waals surface area (Å²) >= 11 is 0. The predicted molar refractivity (Wildman–Crippen MR) is 88.1 cm³/mol. The van der Waals surface area contributed by atoms with Gasteiger partial charge in [0.25, 0.3) is 0 Å². The first-order valence-corrected chi connectivity index (χ1v) is 9.33. The fourth-order valence-corrected chi connectivity index (χ4v) is 7.21. The second-order valence-corrected chi connectivity index (χ2v) is 9.16. The minimum atomic E-state index is -0.125. The highest BCUT2D eigenvalue weighted by Crippen LogP contribution is 2.78. The number of ketones is 1. The number of fused-ring (bicyclic) bond motifs is 7. The molecule has 3 saturated carbocycles. The van der Waals surface area contributed by atoms with Gasteiger partial charge in [0.1, 0.15) is 0 Å². The van der Waals surface area contributed by atoms with E-state index in [9.17, 15) is 10.1 Å². The number of nitrogens with zero attached hydrogens (tertiary/aromatic N) is 1. The Kier molecular flexibility index (Phi) is 2.55. The Labute approximate surface area is 138 Å². The summed E-state index contributed by atoms with van der Waals surface area (Å²) in [5.41, 5.74) is 1.35. The lowest BCUT2D eigenvalue weighted by atomic mass is 9.48. The van der Waals surface area contributed by atoms with E-state index < -0.39 is 0 Å². The van der Waals surface area contributed by atoms with Crippen molar-refractivity contribution >= 4 is 5.78 Å². The molecule has 5 aliphatic rings. The number of allylic oxidation sites excluding steroid dienone is 4. The molecule has 0 heterocycles. The smallest absolute Gasteiger partial charge is 0.155 e. The number of rotatable bonds is 0. The lowest BCUT2D eigenvalue weighted by molar-refractivity contribution is -0.115. The van der Waals surface area contributed by atoms with Gasteiger partial charge >= 0.3 is 0 Å². The molecule has 5 rings (SSSR count). The quantitative estimate of drug-likeness (QED) is 0.670. The number of hydrogen-bond acceptors (Lipinski definition) is 2. The molecule has 120 valence electrons. The van der Waals surface area contributed by atoms with E-state index in [0.29, 0.717) is 35.4 Å². The van der Waals surface area contributed by atoms with Crippen molar-refractivity contribution in [3.63, 3.8) is 0 Å². The van der Waals surface area contributed by atoms with Gasteiger partial charge in [0.2, 0.25) is 0 Å². The minimum Gasteiger partial charge on any atom is -0.295 e. The van der Waals surface area contributed by atoms with Gasteiger partial charge in [-0.15, -0.1) is 0 Å². The molecule has 0 aromatic carbocycles. The van der Waals surface area contributed by atoms with Gasteiger partial charge in [-0.1, -0.05) is 19.1 Å². The third-order valence-electron chi connectivity index (χ3n) is 8.59. The van der Waals surface area contributed by atoms with E-state index >= 15 is 0 Å². The fraction of sp³-hybridized carbons (Fsp3) is 0.714. The third-order valence-corrected chi connectivity index (χ3v) is 8.59. The molecule has 0 radical (unpaired) electrons.